The van der Waals surface area contributed by atoms with Gasteiger partial charge in [-0.2, -0.15) is 0 Å². The largest absolute Gasteiger partial charge is 0.493 e. The molecule has 4 aromatic carbocycles. The summed E-state index contributed by atoms with van der Waals surface area (Å²) < 4.78 is 17.6. The molecule has 0 spiro atoms. The first-order chi connectivity index (χ1) is 17.0. The monoisotopic (exact) mass is 507 g/mol. The van der Waals surface area contributed by atoms with E-state index in [1.807, 2.05) is 49.4 Å². The van der Waals surface area contributed by atoms with Gasteiger partial charge in [0.05, 0.1) is 12.3 Å². The van der Waals surface area contributed by atoms with E-state index in [0.717, 1.165) is 5.56 Å². The maximum absolute atomic E-state index is 13.2. The number of ether oxygens (including phenoxy) is 3. The molecule has 0 heterocycles. The predicted octanol–water partition coefficient (Wildman–Crippen LogP) is 8.02. The zero-order valence-electron chi connectivity index (χ0n) is 19.0. The molecular formula is C28H23Cl2NO4. The number of para-hydroxylation sites is 1. The van der Waals surface area contributed by atoms with Crippen molar-refractivity contribution in [3.05, 3.63) is 112 Å². The summed E-state index contributed by atoms with van der Waals surface area (Å²) in [5, 5.41) is 3.95. The van der Waals surface area contributed by atoms with Gasteiger partial charge < -0.3 is 19.5 Å². The van der Waals surface area contributed by atoms with Gasteiger partial charge in [0.1, 0.15) is 23.9 Å². The van der Waals surface area contributed by atoms with E-state index in [1.54, 1.807) is 48.5 Å². The summed E-state index contributed by atoms with van der Waals surface area (Å²) in [6.45, 7) is 2.59. The number of carbonyl (C=O) groups is 1. The highest BCUT2D eigenvalue weighted by atomic mass is 35.5. The fraction of sp³-hybridized carbons (Fsp3) is 0.107. The Balaban J connectivity index is 1.55. The second-order valence-electron chi connectivity index (χ2n) is 7.51. The van der Waals surface area contributed by atoms with Crippen LogP contribution >= 0.6 is 23.2 Å². The molecule has 0 fully saturated rings. The number of benzene rings is 4. The summed E-state index contributed by atoms with van der Waals surface area (Å²) in [6.07, 6.45) is 0. The van der Waals surface area contributed by atoms with Crippen LogP contribution in [-0.2, 0) is 6.61 Å². The Morgan fingerprint density at radius 2 is 1.51 bits per heavy atom. The molecule has 0 aliphatic carbocycles. The quantitative estimate of drug-likeness (QED) is 0.249. The Bertz CT molecular complexity index is 1310. The van der Waals surface area contributed by atoms with Crippen molar-refractivity contribution < 1.29 is 19.0 Å². The third kappa shape index (κ3) is 6.69. The van der Waals surface area contributed by atoms with Crippen molar-refractivity contribution in [1.82, 2.24) is 0 Å². The second-order valence-corrected chi connectivity index (χ2v) is 8.38. The number of hydrogen-bond donors (Lipinski definition) is 1. The first-order valence-corrected chi connectivity index (χ1v) is 11.8. The fourth-order valence-corrected chi connectivity index (χ4v) is 3.70. The zero-order chi connectivity index (χ0) is 24.6. The molecule has 35 heavy (non-hydrogen) atoms. The van der Waals surface area contributed by atoms with E-state index in [-0.39, 0.29) is 12.5 Å². The molecule has 1 N–H and O–H groups in total. The van der Waals surface area contributed by atoms with Gasteiger partial charge in [0, 0.05) is 21.2 Å². The van der Waals surface area contributed by atoms with Gasteiger partial charge in [-0.05, 0) is 73.7 Å². The van der Waals surface area contributed by atoms with Crippen LogP contribution < -0.4 is 19.5 Å². The lowest BCUT2D eigenvalue weighted by Gasteiger charge is -2.15. The van der Waals surface area contributed by atoms with E-state index in [4.69, 9.17) is 37.4 Å². The maximum atomic E-state index is 13.2. The molecule has 7 heteroatoms. The van der Waals surface area contributed by atoms with Gasteiger partial charge in [-0.3, -0.25) is 4.79 Å². The van der Waals surface area contributed by atoms with E-state index >= 15 is 0 Å². The van der Waals surface area contributed by atoms with Crippen molar-refractivity contribution in [3.63, 3.8) is 0 Å². The Labute approximate surface area is 214 Å². The number of halogens is 2. The van der Waals surface area contributed by atoms with Crippen LogP contribution in [0, 0.1) is 0 Å². The molecule has 178 valence electrons. The van der Waals surface area contributed by atoms with E-state index in [0.29, 0.717) is 50.9 Å². The van der Waals surface area contributed by atoms with Crippen molar-refractivity contribution in [2.24, 2.45) is 0 Å². The van der Waals surface area contributed by atoms with Crippen molar-refractivity contribution in [3.8, 4) is 23.0 Å². The number of nitrogens with one attached hydrogen (secondary N) is 1. The van der Waals surface area contributed by atoms with E-state index in [9.17, 15) is 4.79 Å². The minimum Gasteiger partial charge on any atom is -0.493 e. The Kier molecular flexibility index (Phi) is 8.14. The minimum absolute atomic E-state index is 0.205. The van der Waals surface area contributed by atoms with Crippen LogP contribution in [0.2, 0.25) is 10.0 Å². The number of anilines is 1. The van der Waals surface area contributed by atoms with E-state index in [1.165, 1.54) is 0 Å². The van der Waals surface area contributed by atoms with Gasteiger partial charge >= 0.3 is 0 Å². The first-order valence-electron chi connectivity index (χ1n) is 11.0. The van der Waals surface area contributed by atoms with Gasteiger partial charge in [-0.15, -0.1) is 0 Å². The van der Waals surface area contributed by atoms with Gasteiger partial charge in [-0.1, -0.05) is 47.5 Å². The van der Waals surface area contributed by atoms with Gasteiger partial charge in [-0.25, -0.2) is 0 Å². The van der Waals surface area contributed by atoms with E-state index < -0.39 is 0 Å². The molecule has 0 radical (unpaired) electrons. The van der Waals surface area contributed by atoms with Crippen LogP contribution in [0.3, 0.4) is 0 Å². The van der Waals surface area contributed by atoms with Gasteiger partial charge in [0.25, 0.3) is 5.91 Å². The predicted molar refractivity (Wildman–Crippen MR) is 139 cm³/mol. The summed E-state index contributed by atoms with van der Waals surface area (Å²) in [7, 11) is 0. The normalized spacial score (nSPS) is 10.5. The molecule has 0 atom stereocenters. The number of rotatable bonds is 9. The lowest BCUT2D eigenvalue weighted by molar-refractivity contribution is 0.102. The van der Waals surface area contributed by atoms with Crippen molar-refractivity contribution in [2.45, 2.75) is 13.5 Å². The summed E-state index contributed by atoms with van der Waals surface area (Å²) in [5.74, 6) is 2.06. The van der Waals surface area contributed by atoms with Gasteiger partial charge in [0.15, 0.2) is 5.75 Å². The Hall–Kier alpha value is -3.67. The molecule has 0 aliphatic rings. The third-order valence-electron chi connectivity index (χ3n) is 4.97. The molecule has 4 aromatic rings. The summed E-state index contributed by atoms with van der Waals surface area (Å²) in [4.78, 5) is 13.2. The third-order valence-corrected chi connectivity index (χ3v) is 5.44. The number of carbonyl (C=O) groups excluding carboxylic acids is 1. The molecule has 0 saturated carbocycles. The fourth-order valence-electron chi connectivity index (χ4n) is 3.35. The Morgan fingerprint density at radius 3 is 2.29 bits per heavy atom. The molecule has 4 rings (SSSR count). The zero-order valence-corrected chi connectivity index (χ0v) is 20.5. The molecule has 1 amide bonds. The highest BCUT2D eigenvalue weighted by molar-refractivity contribution is 6.31. The van der Waals surface area contributed by atoms with Crippen molar-refractivity contribution in [1.29, 1.82) is 0 Å². The molecule has 0 aliphatic heterocycles. The topological polar surface area (TPSA) is 56.8 Å². The van der Waals surface area contributed by atoms with Crippen molar-refractivity contribution >= 4 is 34.8 Å². The first kappa shape index (κ1) is 24.5. The molecule has 0 unspecified atom stereocenters. The van der Waals surface area contributed by atoms with Crippen LogP contribution in [0.4, 0.5) is 5.69 Å². The highest BCUT2D eigenvalue weighted by Gasteiger charge is 2.15. The second kappa shape index (κ2) is 11.6. The van der Waals surface area contributed by atoms with Crippen LogP contribution in [0.25, 0.3) is 0 Å². The molecule has 0 saturated heterocycles. The molecule has 0 bridgehead atoms. The number of amides is 1. The van der Waals surface area contributed by atoms with Crippen LogP contribution in [0.1, 0.15) is 22.8 Å². The number of hydrogen-bond acceptors (Lipinski definition) is 4. The van der Waals surface area contributed by atoms with Gasteiger partial charge in [0.2, 0.25) is 0 Å². The van der Waals surface area contributed by atoms with Crippen molar-refractivity contribution in [2.75, 3.05) is 11.9 Å². The molecular weight excluding hydrogens is 485 g/mol. The smallest absolute Gasteiger partial charge is 0.255 e. The van der Waals surface area contributed by atoms with Crippen LogP contribution in [0.15, 0.2) is 91.0 Å². The molecule has 5 nitrogen and oxygen atoms in total. The van der Waals surface area contributed by atoms with Crippen LogP contribution in [-0.4, -0.2) is 12.5 Å². The lowest BCUT2D eigenvalue weighted by Crippen LogP contribution is -2.13. The van der Waals surface area contributed by atoms with Crippen LogP contribution in [0.5, 0.6) is 23.0 Å². The molecule has 0 aromatic heterocycles. The summed E-state index contributed by atoms with van der Waals surface area (Å²) in [5.41, 5.74) is 1.62. The summed E-state index contributed by atoms with van der Waals surface area (Å²) >= 11 is 12.2. The summed E-state index contributed by atoms with van der Waals surface area (Å²) in [6, 6.07) is 26.7. The maximum Gasteiger partial charge on any atom is 0.255 e. The lowest BCUT2D eigenvalue weighted by atomic mass is 10.1. The van der Waals surface area contributed by atoms with E-state index in [2.05, 4.69) is 5.32 Å². The Morgan fingerprint density at radius 1 is 0.771 bits per heavy atom. The average molecular weight is 508 g/mol. The highest BCUT2D eigenvalue weighted by Crippen LogP contribution is 2.33. The minimum atomic E-state index is -0.322. The average Bonchev–Trinajstić information content (AvgIpc) is 2.86. The SMILES string of the molecule is CCOc1ccc(C(=O)Nc2cc(Cl)ccc2Oc2ccccc2)cc1COc1cccc(Cl)c1. The standard InChI is InChI=1S/C28H23Cl2NO4/c1-2-33-26-13-11-19(15-20(26)18-34-24-10-6-7-21(29)16-24)28(32)31-25-17-22(30)12-14-27(25)35-23-8-4-3-5-9-23/h3-17H,2,18H2,1H3,(H,31,32).